The first kappa shape index (κ1) is 12.6. The van der Waals surface area contributed by atoms with Crippen molar-refractivity contribution in [3.05, 3.63) is 72.8 Å². The Balaban J connectivity index is 1.67. The summed E-state index contributed by atoms with van der Waals surface area (Å²) in [7, 11) is 0. The van der Waals surface area contributed by atoms with Crippen LogP contribution in [0, 0.1) is 5.82 Å². The summed E-state index contributed by atoms with van der Waals surface area (Å²) in [6.07, 6.45) is 4.08. The van der Waals surface area contributed by atoms with Gasteiger partial charge in [0.05, 0.1) is 0 Å². The number of rotatable bonds is 4. The van der Waals surface area contributed by atoms with Gasteiger partial charge in [0.25, 0.3) is 0 Å². The van der Waals surface area contributed by atoms with Crippen LogP contribution in [0.5, 0.6) is 5.75 Å². The molecule has 0 saturated carbocycles. The second kappa shape index (κ2) is 5.70. The molecule has 0 spiro atoms. The maximum absolute atomic E-state index is 13.4. The lowest BCUT2D eigenvalue weighted by Gasteiger charge is -2.05. The number of para-hydroxylation sites is 1. The van der Waals surface area contributed by atoms with Crippen LogP contribution in [0.3, 0.4) is 0 Å². The lowest BCUT2D eigenvalue weighted by molar-refractivity contribution is -0.696. The summed E-state index contributed by atoms with van der Waals surface area (Å²) in [4.78, 5) is 0. The minimum absolute atomic E-state index is 0.300. The number of ether oxygens (including phenoxy) is 1. The summed E-state index contributed by atoms with van der Waals surface area (Å²) in [5.74, 6) is -0.0232. The molecule has 2 aromatic carbocycles. The largest absolute Gasteiger partial charge is 0.484 e. The van der Waals surface area contributed by atoms with Gasteiger partial charge >= 0.3 is 0 Å². The zero-order chi connectivity index (χ0) is 13.8. The lowest BCUT2D eigenvalue weighted by Crippen LogP contribution is -2.35. The van der Waals surface area contributed by atoms with Crippen LogP contribution in [-0.2, 0) is 6.54 Å². The van der Waals surface area contributed by atoms with E-state index in [0.29, 0.717) is 18.9 Å². The Bertz CT molecular complexity index is 727. The Morgan fingerprint density at radius 1 is 0.900 bits per heavy atom. The van der Waals surface area contributed by atoms with Gasteiger partial charge in [-0.05, 0) is 23.6 Å². The maximum atomic E-state index is 13.4. The van der Waals surface area contributed by atoms with Crippen molar-refractivity contribution in [3.8, 4) is 5.75 Å². The van der Waals surface area contributed by atoms with Gasteiger partial charge in [-0.2, -0.15) is 0 Å². The van der Waals surface area contributed by atoms with Gasteiger partial charge in [-0.25, -0.2) is 8.96 Å². The third-order valence-corrected chi connectivity index (χ3v) is 3.19. The Labute approximate surface area is 117 Å². The van der Waals surface area contributed by atoms with Crippen molar-refractivity contribution >= 4 is 10.8 Å². The molecule has 2 nitrogen and oxygen atoms in total. The SMILES string of the molecule is Fc1ccccc1OCC[n+]1ccc2ccccc2c1. The number of halogens is 1. The van der Waals surface area contributed by atoms with E-state index in [1.807, 2.05) is 22.9 Å². The van der Waals surface area contributed by atoms with Gasteiger partial charge in [0, 0.05) is 11.5 Å². The molecule has 0 amide bonds. The summed E-state index contributed by atoms with van der Waals surface area (Å²) in [5, 5.41) is 2.39. The molecule has 0 N–H and O–H groups in total. The number of benzene rings is 2. The van der Waals surface area contributed by atoms with E-state index in [1.165, 1.54) is 16.8 Å². The van der Waals surface area contributed by atoms with Gasteiger partial charge in [-0.1, -0.05) is 30.3 Å². The number of hydrogen-bond acceptors (Lipinski definition) is 1. The van der Waals surface area contributed by atoms with Gasteiger partial charge in [-0.15, -0.1) is 0 Å². The first-order valence-electron chi connectivity index (χ1n) is 6.58. The normalized spacial score (nSPS) is 10.7. The lowest BCUT2D eigenvalue weighted by atomic mass is 10.2. The second-order valence-electron chi connectivity index (χ2n) is 4.59. The van der Waals surface area contributed by atoms with Crippen molar-refractivity contribution < 1.29 is 13.7 Å². The van der Waals surface area contributed by atoms with Gasteiger partial charge in [0.15, 0.2) is 30.5 Å². The van der Waals surface area contributed by atoms with E-state index in [-0.39, 0.29) is 5.82 Å². The van der Waals surface area contributed by atoms with Crippen LogP contribution in [0.25, 0.3) is 10.8 Å². The number of aromatic nitrogens is 1. The van der Waals surface area contributed by atoms with Crippen molar-refractivity contribution in [1.29, 1.82) is 0 Å². The zero-order valence-corrected chi connectivity index (χ0v) is 11.0. The van der Waals surface area contributed by atoms with Gasteiger partial charge in [0.1, 0.15) is 6.61 Å². The summed E-state index contributed by atoms with van der Waals surface area (Å²) < 4.78 is 20.9. The number of hydrogen-bond donors (Lipinski definition) is 0. The highest BCUT2D eigenvalue weighted by atomic mass is 19.1. The molecule has 100 valence electrons. The third kappa shape index (κ3) is 2.77. The molecule has 0 atom stereocenters. The van der Waals surface area contributed by atoms with Crippen LogP contribution >= 0.6 is 0 Å². The average molecular weight is 268 g/mol. The Kier molecular flexibility index (Phi) is 3.59. The molecule has 3 heteroatoms. The van der Waals surface area contributed by atoms with E-state index in [1.54, 1.807) is 18.2 Å². The molecule has 0 aliphatic heterocycles. The van der Waals surface area contributed by atoms with E-state index in [0.717, 1.165) is 0 Å². The molecule has 0 fully saturated rings. The molecule has 1 heterocycles. The minimum Gasteiger partial charge on any atom is -0.484 e. The molecule has 3 aromatic rings. The van der Waals surface area contributed by atoms with Crippen LogP contribution in [0.2, 0.25) is 0 Å². The second-order valence-corrected chi connectivity index (χ2v) is 4.59. The molecule has 0 bridgehead atoms. The number of pyridine rings is 1. The van der Waals surface area contributed by atoms with E-state index in [9.17, 15) is 4.39 Å². The maximum Gasteiger partial charge on any atom is 0.182 e. The third-order valence-electron chi connectivity index (χ3n) is 3.19. The van der Waals surface area contributed by atoms with Crippen LogP contribution in [0.1, 0.15) is 0 Å². The summed E-state index contributed by atoms with van der Waals surface area (Å²) >= 11 is 0. The molecule has 0 aliphatic rings. The van der Waals surface area contributed by atoms with Crippen LogP contribution < -0.4 is 9.30 Å². The van der Waals surface area contributed by atoms with E-state index in [4.69, 9.17) is 4.74 Å². The minimum atomic E-state index is -0.323. The van der Waals surface area contributed by atoms with Crippen LogP contribution in [0.15, 0.2) is 67.0 Å². The number of fused-ring (bicyclic) bond motifs is 1. The smallest absolute Gasteiger partial charge is 0.182 e. The Morgan fingerprint density at radius 2 is 1.65 bits per heavy atom. The Hall–Kier alpha value is -2.42. The highest BCUT2D eigenvalue weighted by Gasteiger charge is 2.05. The van der Waals surface area contributed by atoms with Crippen molar-refractivity contribution in [3.63, 3.8) is 0 Å². The van der Waals surface area contributed by atoms with Gasteiger partial charge in [0.2, 0.25) is 0 Å². The fourth-order valence-corrected chi connectivity index (χ4v) is 2.14. The van der Waals surface area contributed by atoms with E-state index < -0.39 is 0 Å². The first-order valence-corrected chi connectivity index (χ1v) is 6.58. The van der Waals surface area contributed by atoms with Crippen molar-refractivity contribution in [1.82, 2.24) is 0 Å². The predicted molar refractivity (Wildman–Crippen MR) is 76.0 cm³/mol. The van der Waals surface area contributed by atoms with Crippen LogP contribution in [-0.4, -0.2) is 6.61 Å². The van der Waals surface area contributed by atoms with E-state index >= 15 is 0 Å². The molecule has 0 unspecified atom stereocenters. The summed E-state index contributed by atoms with van der Waals surface area (Å²) in [5.41, 5.74) is 0. The van der Waals surface area contributed by atoms with Crippen molar-refractivity contribution in [2.75, 3.05) is 6.61 Å². The molecule has 1 aromatic heterocycles. The highest BCUT2D eigenvalue weighted by Crippen LogP contribution is 2.15. The van der Waals surface area contributed by atoms with E-state index in [2.05, 4.69) is 24.4 Å². The molecule has 0 radical (unpaired) electrons. The summed E-state index contributed by atoms with van der Waals surface area (Å²) in [6.45, 7) is 1.11. The Morgan fingerprint density at radius 3 is 2.50 bits per heavy atom. The standard InChI is InChI=1S/C17H15FNO/c18-16-7-3-4-8-17(16)20-12-11-19-10-9-14-5-1-2-6-15(14)13-19/h1-10,13H,11-12H2/q+1. The zero-order valence-electron chi connectivity index (χ0n) is 11.0. The van der Waals surface area contributed by atoms with Crippen LogP contribution in [0.4, 0.5) is 4.39 Å². The molecule has 3 rings (SSSR count). The van der Waals surface area contributed by atoms with Gasteiger partial charge in [-0.3, -0.25) is 0 Å². The fourth-order valence-electron chi connectivity index (χ4n) is 2.14. The molecule has 0 aliphatic carbocycles. The van der Waals surface area contributed by atoms with Crippen molar-refractivity contribution in [2.45, 2.75) is 6.54 Å². The highest BCUT2D eigenvalue weighted by molar-refractivity contribution is 5.80. The van der Waals surface area contributed by atoms with Gasteiger partial charge < -0.3 is 4.74 Å². The predicted octanol–water partition coefficient (Wildman–Crippen LogP) is 3.35. The topological polar surface area (TPSA) is 13.1 Å². The fraction of sp³-hybridized carbons (Fsp3) is 0.118. The quantitative estimate of drug-likeness (QED) is 0.661. The first-order chi connectivity index (χ1) is 9.83. The molecular formula is C17H15FNO+. The molecule has 20 heavy (non-hydrogen) atoms. The summed E-state index contributed by atoms with van der Waals surface area (Å²) in [6, 6.07) is 16.7. The monoisotopic (exact) mass is 268 g/mol. The molecule has 0 saturated heterocycles. The molecular weight excluding hydrogens is 253 g/mol. The average Bonchev–Trinajstić information content (AvgIpc) is 2.49. The van der Waals surface area contributed by atoms with Crippen molar-refractivity contribution in [2.24, 2.45) is 0 Å². The number of nitrogens with zero attached hydrogens (tertiary/aromatic N) is 1.